The van der Waals surface area contributed by atoms with Gasteiger partial charge in [-0.2, -0.15) is 0 Å². The Morgan fingerprint density at radius 3 is 2.17 bits per heavy atom. The Hall–Kier alpha value is -2.51. The number of benzene rings is 2. The zero-order valence-corrected chi connectivity index (χ0v) is 18.3. The Bertz CT molecular complexity index is 1120. The fraction of sp³-hybridized carbons (Fsp3) is 0.0500. The molecular weight excluding hydrogens is 472 g/mol. The molecule has 0 aliphatic heterocycles. The van der Waals surface area contributed by atoms with Crippen molar-refractivity contribution in [1.29, 1.82) is 0 Å². The van der Waals surface area contributed by atoms with Crippen molar-refractivity contribution in [1.82, 2.24) is 4.98 Å². The molecule has 154 valence electrons. The van der Waals surface area contributed by atoms with E-state index in [1.807, 2.05) is 0 Å². The molecule has 2 amide bonds. The third-order valence-electron chi connectivity index (χ3n) is 3.96. The van der Waals surface area contributed by atoms with Gasteiger partial charge in [0.05, 0.1) is 27.9 Å². The molecule has 2 N–H and O–H groups in total. The first kappa shape index (κ1) is 22.2. The number of amides is 2. The van der Waals surface area contributed by atoms with Gasteiger partial charge in [0.1, 0.15) is 16.6 Å². The van der Waals surface area contributed by atoms with E-state index in [2.05, 4.69) is 15.6 Å². The maximum absolute atomic E-state index is 12.5. The number of rotatable bonds is 5. The first-order chi connectivity index (χ1) is 14.3. The van der Waals surface area contributed by atoms with E-state index < -0.39 is 5.91 Å². The van der Waals surface area contributed by atoms with Crippen LogP contribution in [0, 0.1) is 0 Å². The van der Waals surface area contributed by atoms with Crippen molar-refractivity contribution in [3.63, 3.8) is 0 Å². The molecule has 0 saturated heterocycles. The van der Waals surface area contributed by atoms with Crippen LogP contribution in [0.25, 0.3) is 0 Å². The lowest BCUT2D eigenvalue weighted by molar-refractivity contribution is 0.101. The number of hydrogen-bond acceptors (Lipinski definition) is 4. The maximum atomic E-state index is 12.5. The van der Waals surface area contributed by atoms with Crippen molar-refractivity contribution in [3.8, 4) is 5.75 Å². The van der Waals surface area contributed by atoms with E-state index in [-0.39, 0.29) is 31.8 Å². The largest absolute Gasteiger partial charge is 0.495 e. The monoisotopic (exact) mass is 483 g/mol. The number of carbonyl (C=O) groups excluding carboxylic acids is 2. The van der Waals surface area contributed by atoms with Gasteiger partial charge in [0.25, 0.3) is 11.8 Å². The van der Waals surface area contributed by atoms with E-state index in [1.165, 1.54) is 7.11 Å². The van der Waals surface area contributed by atoms with Crippen molar-refractivity contribution in [3.05, 3.63) is 80.0 Å². The van der Waals surface area contributed by atoms with Gasteiger partial charge >= 0.3 is 0 Å². The van der Waals surface area contributed by atoms with Gasteiger partial charge in [-0.25, -0.2) is 4.98 Å². The summed E-state index contributed by atoms with van der Waals surface area (Å²) in [4.78, 5) is 28.8. The highest BCUT2D eigenvalue weighted by molar-refractivity contribution is 6.52. The first-order valence-electron chi connectivity index (χ1n) is 8.37. The van der Waals surface area contributed by atoms with Gasteiger partial charge in [0.15, 0.2) is 0 Å². The zero-order chi connectivity index (χ0) is 21.8. The molecule has 1 aromatic heterocycles. The number of methoxy groups -OCH3 is 1. The molecule has 0 spiro atoms. The van der Waals surface area contributed by atoms with Crippen LogP contribution in [0.15, 0.2) is 48.5 Å². The molecule has 0 aliphatic rings. The summed E-state index contributed by atoms with van der Waals surface area (Å²) in [5.74, 6) is -0.426. The molecule has 30 heavy (non-hydrogen) atoms. The maximum Gasteiger partial charge on any atom is 0.275 e. The van der Waals surface area contributed by atoms with E-state index in [0.717, 1.165) is 0 Å². The number of para-hydroxylation sites is 2. The summed E-state index contributed by atoms with van der Waals surface area (Å²) in [6, 6.07) is 13.3. The van der Waals surface area contributed by atoms with E-state index in [4.69, 9.17) is 51.1 Å². The summed E-state index contributed by atoms with van der Waals surface area (Å²) in [6.07, 6.45) is 0. The number of hydrogen-bond donors (Lipinski definition) is 2. The third kappa shape index (κ3) is 4.79. The van der Waals surface area contributed by atoms with Crippen LogP contribution in [-0.4, -0.2) is 23.9 Å². The van der Waals surface area contributed by atoms with E-state index in [9.17, 15) is 9.59 Å². The Kier molecular flexibility index (Phi) is 7.05. The lowest BCUT2D eigenvalue weighted by Crippen LogP contribution is -2.16. The van der Waals surface area contributed by atoms with Gasteiger partial charge in [0, 0.05) is 11.3 Å². The van der Waals surface area contributed by atoms with Crippen molar-refractivity contribution >= 4 is 69.6 Å². The normalized spacial score (nSPS) is 10.4. The summed E-state index contributed by atoms with van der Waals surface area (Å²) in [6.45, 7) is 0. The summed E-state index contributed by atoms with van der Waals surface area (Å²) in [5.41, 5.74) is 1.16. The molecule has 0 unspecified atom stereocenters. The Labute approximate surface area is 192 Å². The van der Waals surface area contributed by atoms with Crippen LogP contribution in [0.3, 0.4) is 0 Å². The van der Waals surface area contributed by atoms with Gasteiger partial charge in [-0.1, -0.05) is 58.5 Å². The fourth-order valence-electron chi connectivity index (χ4n) is 2.48. The number of nitrogens with one attached hydrogen (secondary N) is 2. The SMILES string of the molecule is COc1ccccc1NC(=O)c1ccc(NC(=O)c2nc(Cl)c(Cl)c(Cl)c2Cl)cc1. The van der Waals surface area contributed by atoms with Crippen molar-refractivity contribution in [2.75, 3.05) is 17.7 Å². The Morgan fingerprint density at radius 2 is 1.50 bits per heavy atom. The lowest BCUT2D eigenvalue weighted by Gasteiger charge is -2.11. The number of anilines is 2. The molecule has 0 bridgehead atoms. The predicted octanol–water partition coefficient (Wildman–Crippen LogP) is 6.21. The van der Waals surface area contributed by atoms with Crippen molar-refractivity contribution in [2.24, 2.45) is 0 Å². The minimum atomic E-state index is -0.633. The molecule has 0 saturated carbocycles. The minimum Gasteiger partial charge on any atom is -0.495 e. The minimum absolute atomic E-state index is 0.0368. The standard InChI is InChI=1S/C20H13Cl4N3O3/c1-30-13-5-3-2-4-12(13)26-19(28)10-6-8-11(9-7-10)25-20(29)17-15(22)14(21)16(23)18(24)27-17/h2-9H,1H3,(H,25,29)(H,26,28). The van der Waals surface area contributed by atoms with Crippen molar-refractivity contribution < 1.29 is 14.3 Å². The molecule has 0 fully saturated rings. The van der Waals surface area contributed by atoms with Gasteiger partial charge in [-0.15, -0.1) is 0 Å². The Balaban J connectivity index is 1.73. The molecule has 3 aromatic rings. The highest BCUT2D eigenvalue weighted by Gasteiger charge is 2.20. The highest BCUT2D eigenvalue weighted by atomic mass is 35.5. The smallest absolute Gasteiger partial charge is 0.275 e. The second-order valence-corrected chi connectivity index (χ2v) is 7.37. The molecule has 3 rings (SSSR count). The second kappa shape index (κ2) is 9.53. The summed E-state index contributed by atoms with van der Waals surface area (Å²) in [7, 11) is 1.52. The number of ether oxygens (including phenoxy) is 1. The van der Waals surface area contributed by atoms with Crippen LogP contribution in [-0.2, 0) is 0 Å². The van der Waals surface area contributed by atoms with Crippen LogP contribution in [0.4, 0.5) is 11.4 Å². The summed E-state index contributed by atoms with van der Waals surface area (Å²) >= 11 is 23.7. The van der Waals surface area contributed by atoms with Crippen LogP contribution < -0.4 is 15.4 Å². The number of halogens is 4. The molecule has 1 heterocycles. The van der Waals surface area contributed by atoms with E-state index >= 15 is 0 Å². The number of aromatic nitrogens is 1. The number of carbonyl (C=O) groups is 2. The lowest BCUT2D eigenvalue weighted by atomic mass is 10.2. The molecule has 6 nitrogen and oxygen atoms in total. The third-order valence-corrected chi connectivity index (χ3v) is 5.64. The summed E-state index contributed by atoms with van der Waals surface area (Å²) < 4.78 is 5.21. The summed E-state index contributed by atoms with van der Waals surface area (Å²) in [5, 5.41) is 5.02. The predicted molar refractivity (Wildman–Crippen MR) is 120 cm³/mol. The van der Waals surface area contributed by atoms with Crippen LogP contribution in [0.2, 0.25) is 20.2 Å². The zero-order valence-electron chi connectivity index (χ0n) is 15.3. The highest BCUT2D eigenvalue weighted by Crippen LogP contribution is 2.36. The molecule has 0 aliphatic carbocycles. The molecular formula is C20H13Cl4N3O3. The van der Waals surface area contributed by atoms with Crippen LogP contribution in [0.5, 0.6) is 5.75 Å². The second-order valence-electron chi connectivity index (χ2n) is 5.88. The average Bonchev–Trinajstić information content (AvgIpc) is 2.75. The Morgan fingerprint density at radius 1 is 0.833 bits per heavy atom. The van der Waals surface area contributed by atoms with Crippen LogP contribution in [0.1, 0.15) is 20.8 Å². The molecule has 0 atom stereocenters. The number of pyridine rings is 1. The van der Waals surface area contributed by atoms with Crippen LogP contribution >= 0.6 is 46.4 Å². The van der Waals surface area contributed by atoms with E-state index in [1.54, 1.807) is 48.5 Å². The van der Waals surface area contributed by atoms with Gasteiger partial charge < -0.3 is 15.4 Å². The van der Waals surface area contributed by atoms with Gasteiger partial charge in [-0.3, -0.25) is 9.59 Å². The van der Waals surface area contributed by atoms with E-state index in [0.29, 0.717) is 22.7 Å². The average molecular weight is 485 g/mol. The van der Waals surface area contributed by atoms with Gasteiger partial charge in [0.2, 0.25) is 0 Å². The molecule has 0 radical (unpaired) electrons. The number of nitrogens with zero attached hydrogens (tertiary/aromatic N) is 1. The molecule has 2 aromatic carbocycles. The fourth-order valence-corrected chi connectivity index (χ4v) is 3.29. The topological polar surface area (TPSA) is 80.3 Å². The molecule has 10 heteroatoms. The quantitative estimate of drug-likeness (QED) is 0.422. The van der Waals surface area contributed by atoms with Crippen molar-refractivity contribution in [2.45, 2.75) is 0 Å². The first-order valence-corrected chi connectivity index (χ1v) is 9.88. The van der Waals surface area contributed by atoms with Gasteiger partial charge in [-0.05, 0) is 36.4 Å².